The first kappa shape index (κ1) is 29.1. The van der Waals surface area contributed by atoms with E-state index in [-0.39, 0.29) is 23.4 Å². The molecule has 2 aliphatic heterocycles. The Morgan fingerprint density at radius 2 is 1.86 bits per heavy atom. The summed E-state index contributed by atoms with van der Waals surface area (Å²) in [4.78, 5) is 45.8. The van der Waals surface area contributed by atoms with Crippen molar-refractivity contribution in [3.63, 3.8) is 0 Å². The van der Waals surface area contributed by atoms with Crippen LogP contribution < -0.4 is 29.3 Å². The minimum Gasteiger partial charge on any atom is -0.493 e. The number of anilines is 1. The number of hydrogen-bond acceptors (Lipinski definition) is 10. The highest BCUT2D eigenvalue weighted by molar-refractivity contribution is 7.07. The van der Waals surface area contributed by atoms with Crippen LogP contribution in [0.15, 0.2) is 57.5 Å². The fourth-order valence-corrected chi connectivity index (χ4v) is 6.50. The molecule has 12 heteroatoms. The first-order valence-corrected chi connectivity index (χ1v) is 14.5. The zero-order valence-corrected chi connectivity index (χ0v) is 24.7. The van der Waals surface area contributed by atoms with E-state index in [9.17, 15) is 19.7 Å². The minimum atomic E-state index is -0.839. The van der Waals surface area contributed by atoms with Crippen LogP contribution in [0.1, 0.15) is 50.3 Å². The highest BCUT2D eigenvalue weighted by atomic mass is 32.1. The Bertz CT molecular complexity index is 1750. The lowest BCUT2D eigenvalue weighted by Crippen LogP contribution is -2.40. The van der Waals surface area contributed by atoms with E-state index in [1.54, 1.807) is 44.2 Å². The summed E-state index contributed by atoms with van der Waals surface area (Å²) in [6, 6.07) is 9.13. The number of allylic oxidation sites excluding steroid dienone is 1. The number of rotatable bonds is 8. The molecule has 0 saturated carbocycles. The molecule has 0 bridgehead atoms. The van der Waals surface area contributed by atoms with Gasteiger partial charge in [0.25, 0.3) is 11.2 Å². The largest absolute Gasteiger partial charge is 0.493 e. The molecule has 42 heavy (non-hydrogen) atoms. The van der Waals surface area contributed by atoms with Crippen molar-refractivity contribution in [2.75, 3.05) is 38.8 Å². The van der Waals surface area contributed by atoms with E-state index < -0.39 is 16.9 Å². The molecule has 2 aliphatic rings. The van der Waals surface area contributed by atoms with Crippen LogP contribution in [0, 0.1) is 10.1 Å². The minimum absolute atomic E-state index is 0.0570. The first-order chi connectivity index (χ1) is 20.3. The molecule has 1 saturated heterocycles. The lowest BCUT2D eigenvalue weighted by atomic mass is 9.95. The molecule has 1 atom stereocenters. The Kier molecular flexibility index (Phi) is 8.44. The number of non-ortho nitro benzene ring substituents is 1. The highest BCUT2D eigenvalue weighted by Crippen LogP contribution is 2.36. The Balaban J connectivity index is 1.73. The molecule has 220 valence electrons. The van der Waals surface area contributed by atoms with Gasteiger partial charge in [-0.05, 0) is 62.9 Å². The molecule has 3 heterocycles. The van der Waals surface area contributed by atoms with Gasteiger partial charge in [0.2, 0.25) is 0 Å². The van der Waals surface area contributed by atoms with E-state index >= 15 is 0 Å². The summed E-state index contributed by atoms with van der Waals surface area (Å²) in [5.41, 5.74) is 2.29. The van der Waals surface area contributed by atoms with Gasteiger partial charge in [-0.3, -0.25) is 19.5 Å². The van der Waals surface area contributed by atoms with Gasteiger partial charge in [0.1, 0.15) is 0 Å². The number of thiazole rings is 1. The smallest absolute Gasteiger partial charge is 0.338 e. The molecule has 0 unspecified atom stereocenters. The van der Waals surface area contributed by atoms with E-state index in [4.69, 9.17) is 14.2 Å². The summed E-state index contributed by atoms with van der Waals surface area (Å²) in [5.74, 6) is 0.375. The fourth-order valence-electron chi connectivity index (χ4n) is 5.46. The maximum atomic E-state index is 14.1. The van der Waals surface area contributed by atoms with Gasteiger partial charge in [0.15, 0.2) is 16.3 Å². The van der Waals surface area contributed by atoms with Crippen molar-refractivity contribution >= 4 is 34.8 Å². The molecule has 0 aliphatic carbocycles. The summed E-state index contributed by atoms with van der Waals surface area (Å²) in [6.45, 7) is 5.26. The van der Waals surface area contributed by atoms with Crippen molar-refractivity contribution in [2.24, 2.45) is 4.99 Å². The quantitative estimate of drug-likeness (QED) is 0.220. The number of aromatic nitrogens is 1. The number of nitro groups is 1. The Hall–Kier alpha value is -4.45. The van der Waals surface area contributed by atoms with Gasteiger partial charge in [-0.25, -0.2) is 9.79 Å². The monoisotopic (exact) mass is 592 g/mol. The van der Waals surface area contributed by atoms with Gasteiger partial charge < -0.3 is 19.1 Å². The lowest BCUT2D eigenvalue weighted by Gasteiger charge is -2.30. The normalized spacial score (nSPS) is 17.0. The number of carbonyl (C=O) groups is 1. The molecule has 2 aromatic carbocycles. The van der Waals surface area contributed by atoms with Crippen LogP contribution in [0.25, 0.3) is 6.08 Å². The van der Waals surface area contributed by atoms with Gasteiger partial charge in [-0.1, -0.05) is 17.4 Å². The van der Waals surface area contributed by atoms with Crippen LogP contribution in [0.3, 0.4) is 0 Å². The van der Waals surface area contributed by atoms with E-state index in [0.29, 0.717) is 37.7 Å². The molecule has 0 amide bonds. The van der Waals surface area contributed by atoms with E-state index in [0.717, 1.165) is 38.0 Å². The van der Waals surface area contributed by atoms with Crippen molar-refractivity contribution in [2.45, 2.75) is 39.2 Å². The third kappa shape index (κ3) is 5.41. The van der Waals surface area contributed by atoms with E-state index in [1.807, 2.05) is 0 Å². The predicted octanol–water partition coefficient (Wildman–Crippen LogP) is 3.71. The summed E-state index contributed by atoms with van der Waals surface area (Å²) in [7, 11) is 3.04. The van der Waals surface area contributed by atoms with Gasteiger partial charge in [-0.2, -0.15) is 0 Å². The van der Waals surface area contributed by atoms with Gasteiger partial charge in [0, 0.05) is 36.5 Å². The summed E-state index contributed by atoms with van der Waals surface area (Å²) in [5, 5.41) is 11.6. The topological polar surface area (TPSA) is 126 Å². The highest BCUT2D eigenvalue weighted by Gasteiger charge is 2.34. The van der Waals surface area contributed by atoms with Crippen molar-refractivity contribution in [3.05, 3.63) is 88.6 Å². The Labute approximate surface area is 246 Å². The second-order valence-corrected chi connectivity index (χ2v) is 11.0. The number of nitrogens with zero attached hydrogens (tertiary/aromatic N) is 4. The number of nitro benzene ring substituents is 1. The number of benzene rings is 2. The maximum Gasteiger partial charge on any atom is 0.338 e. The average Bonchev–Trinajstić information content (AvgIpc) is 3.30. The van der Waals surface area contributed by atoms with Gasteiger partial charge in [-0.15, -0.1) is 0 Å². The second kappa shape index (κ2) is 12.2. The van der Waals surface area contributed by atoms with Crippen LogP contribution in [-0.4, -0.2) is 49.4 Å². The van der Waals surface area contributed by atoms with Crippen LogP contribution in [-0.2, 0) is 9.53 Å². The standard InChI is InChI=1S/C30H32N4O7S/c1-5-41-29(36)26-18(2)31-30-33(27(26)19-9-12-23(39-3)24(16-19)40-4)28(35)25(42-30)17-20-15-21(34(37)38)10-11-22(20)32-13-7-6-8-14-32/h9-12,15-17,27H,5-8,13-14H2,1-4H3/b25-17+/t27-/m1/s1. The maximum absolute atomic E-state index is 14.1. The van der Waals surface area contributed by atoms with Gasteiger partial charge >= 0.3 is 5.97 Å². The number of carbonyl (C=O) groups excluding carboxylic acids is 1. The zero-order chi connectivity index (χ0) is 30.0. The fraction of sp³-hybridized carbons (Fsp3) is 0.367. The number of hydrogen-bond donors (Lipinski definition) is 0. The first-order valence-electron chi connectivity index (χ1n) is 13.7. The third-order valence-electron chi connectivity index (χ3n) is 7.45. The molecule has 3 aromatic rings. The number of methoxy groups -OCH3 is 2. The van der Waals surface area contributed by atoms with E-state index in [1.165, 1.54) is 42.3 Å². The van der Waals surface area contributed by atoms with Crippen molar-refractivity contribution in [1.82, 2.24) is 4.57 Å². The molecular formula is C30H32N4O7S. The molecule has 11 nitrogen and oxygen atoms in total. The van der Waals surface area contributed by atoms with Crippen molar-refractivity contribution in [3.8, 4) is 11.5 Å². The molecule has 0 radical (unpaired) electrons. The molecule has 1 fully saturated rings. The number of esters is 1. The van der Waals surface area contributed by atoms with Crippen LogP contribution in [0.4, 0.5) is 11.4 Å². The summed E-state index contributed by atoms with van der Waals surface area (Å²) >= 11 is 1.17. The Morgan fingerprint density at radius 3 is 2.52 bits per heavy atom. The number of ether oxygens (including phenoxy) is 3. The average molecular weight is 593 g/mol. The molecule has 0 spiro atoms. The molecule has 0 N–H and O–H groups in total. The lowest BCUT2D eigenvalue weighted by molar-refractivity contribution is -0.384. The zero-order valence-electron chi connectivity index (χ0n) is 23.9. The Morgan fingerprint density at radius 1 is 1.12 bits per heavy atom. The van der Waals surface area contributed by atoms with Gasteiger partial charge in [0.05, 0.1) is 47.6 Å². The third-order valence-corrected chi connectivity index (χ3v) is 8.43. The molecular weight excluding hydrogens is 560 g/mol. The van der Waals surface area contributed by atoms with Crippen molar-refractivity contribution < 1.29 is 23.9 Å². The number of fused-ring (bicyclic) bond motifs is 1. The van der Waals surface area contributed by atoms with Crippen molar-refractivity contribution in [1.29, 1.82) is 0 Å². The van der Waals surface area contributed by atoms with E-state index in [2.05, 4.69) is 9.89 Å². The van der Waals surface area contributed by atoms with Crippen LogP contribution >= 0.6 is 11.3 Å². The molecule has 5 rings (SSSR count). The molecule has 1 aromatic heterocycles. The number of piperidine rings is 1. The van der Waals surface area contributed by atoms with Crippen LogP contribution in [0.2, 0.25) is 0 Å². The predicted molar refractivity (Wildman–Crippen MR) is 159 cm³/mol. The second-order valence-electron chi connectivity index (χ2n) is 9.96. The SMILES string of the molecule is CCOC(=O)C1=C(C)N=c2s/c(=C/c3cc([N+](=O)[O-])ccc3N3CCCCC3)c(=O)n2[C@@H]1c1ccc(OC)c(OC)c1. The van der Waals surface area contributed by atoms with Crippen LogP contribution in [0.5, 0.6) is 11.5 Å². The summed E-state index contributed by atoms with van der Waals surface area (Å²) in [6.07, 6.45) is 4.88. The summed E-state index contributed by atoms with van der Waals surface area (Å²) < 4.78 is 18.1.